The standard InChI is InChI=1S/C51H30N4OS/c1-3-13-31(14-4-1)49-52-50(32-15-5-2-6-16-32)54-51(53-49)34-23-25-38-42-30-35(55-43-20-10-7-17-36(43)37-18-8-11-21-44(37)55)29-40(48(42)56-45(38)28-34)33-24-26-47-41(27-33)39-19-9-12-22-46(39)57-47/h1-30H. The minimum absolute atomic E-state index is 0.589. The van der Waals surface area contributed by atoms with Crippen LogP contribution >= 0.6 is 11.3 Å². The Morgan fingerprint density at radius 1 is 0.386 bits per heavy atom. The Labute approximate surface area is 330 Å². The smallest absolute Gasteiger partial charge is 0.164 e. The van der Waals surface area contributed by atoms with E-state index in [4.69, 9.17) is 19.4 Å². The number of para-hydroxylation sites is 2. The third-order valence-corrected chi connectivity index (χ3v) is 12.2. The zero-order chi connectivity index (χ0) is 37.5. The van der Waals surface area contributed by atoms with Gasteiger partial charge in [-0.1, -0.05) is 127 Å². The van der Waals surface area contributed by atoms with E-state index in [2.05, 4.69) is 126 Å². The van der Waals surface area contributed by atoms with E-state index in [0.717, 1.165) is 66.5 Å². The maximum atomic E-state index is 6.98. The van der Waals surface area contributed by atoms with Crippen LogP contribution < -0.4 is 0 Å². The highest BCUT2D eigenvalue weighted by molar-refractivity contribution is 7.25. The molecule has 4 heterocycles. The molecule has 0 aliphatic heterocycles. The van der Waals surface area contributed by atoms with Crippen molar-refractivity contribution in [3.8, 4) is 51.0 Å². The maximum Gasteiger partial charge on any atom is 0.164 e. The van der Waals surface area contributed by atoms with E-state index >= 15 is 0 Å². The maximum absolute atomic E-state index is 6.98. The Morgan fingerprint density at radius 3 is 1.63 bits per heavy atom. The average molecular weight is 747 g/mol. The van der Waals surface area contributed by atoms with Gasteiger partial charge in [0.05, 0.1) is 11.0 Å². The second kappa shape index (κ2) is 12.6. The first-order valence-corrected chi connectivity index (χ1v) is 19.8. The van der Waals surface area contributed by atoms with Gasteiger partial charge in [0.25, 0.3) is 0 Å². The van der Waals surface area contributed by atoms with E-state index in [9.17, 15) is 0 Å². The van der Waals surface area contributed by atoms with Gasteiger partial charge in [-0.2, -0.15) is 0 Å². The van der Waals surface area contributed by atoms with Gasteiger partial charge in [-0.05, 0) is 60.2 Å². The number of rotatable bonds is 5. The molecule has 266 valence electrons. The highest BCUT2D eigenvalue weighted by Crippen LogP contribution is 2.43. The summed E-state index contributed by atoms with van der Waals surface area (Å²) in [5.74, 6) is 1.84. The molecule has 0 aliphatic rings. The fraction of sp³-hybridized carbons (Fsp3) is 0. The minimum Gasteiger partial charge on any atom is -0.455 e. The summed E-state index contributed by atoms with van der Waals surface area (Å²) in [6.45, 7) is 0. The molecule has 12 rings (SSSR count). The van der Waals surface area contributed by atoms with E-state index in [1.54, 1.807) is 0 Å². The van der Waals surface area contributed by atoms with Gasteiger partial charge < -0.3 is 8.98 Å². The summed E-state index contributed by atoms with van der Waals surface area (Å²) < 4.78 is 11.9. The molecule has 0 unspecified atom stereocenters. The lowest BCUT2D eigenvalue weighted by molar-refractivity contribution is 0.670. The summed E-state index contributed by atoms with van der Waals surface area (Å²) in [5, 5.41) is 7.05. The van der Waals surface area contributed by atoms with E-state index < -0.39 is 0 Å². The van der Waals surface area contributed by atoms with Crippen LogP contribution in [0.2, 0.25) is 0 Å². The summed E-state index contributed by atoms with van der Waals surface area (Å²) in [5.41, 5.74) is 9.88. The predicted molar refractivity (Wildman–Crippen MR) is 236 cm³/mol. The zero-order valence-electron chi connectivity index (χ0n) is 30.4. The fourth-order valence-electron chi connectivity index (χ4n) is 8.38. The number of fused-ring (bicyclic) bond motifs is 9. The summed E-state index contributed by atoms with van der Waals surface area (Å²) in [7, 11) is 0. The third-order valence-electron chi connectivity index (χ3n) is 11.0. The van der Waals surface area contributed by atoms with Crippen LogP contribution in [0.15, 0.2) is 186 Å². The van der Waals surface area contributed by atoms with Crippen molar-refractivity contribution in [3.63, 3.8) is 0 Å². The lowest BCUT2D eigenvalue weighted by Crippen LogP contribution is -2.00. The monoisotopic (exact) mass is 746 g/mol. The number of furan rings is 1. The van der Waals surface area contributed by atoms with Crippen LogP contribution in [0.5, 0.6) is 0 Å². The molecule has 0 saturated carbocycles. The number of hydrogen-bond donors (Lipinski definition) is 0. The highest BCUT2D eigenvalue weighted by Gasteiger charge is 2.20. The van der Waals surface area contributed by atoms with Crippen molar-refractivity contribution in [3.05, 3.63) is 182 Å². The summed E-state index contributed by atoms with van der Waals surface area (Å²) in [4.78, 5) is 14.9. The molecule has 0 N–H and O–H groups in total. The number of nitrogens with zero attached hydrogens (tertiary/aromatic N) is 4. The second-order valence-corrected chi connectivity index (χ2v) is 15.5. The number of benzene rings is 8. The van der Waals surface area contributed by atoms with E-state index in [0.29, 0.717) is 17.5 Å². The largest absolute Gasteiger partial charge is 0.455 e. The van der Waals surface area contributed by atoms with Crippen LogP contribution in [0.3, 0.4) is 0 Å². The number of aromatic nitrogens is 4. The Bertz CT molecular complexity index is 3420. The predicted octanol–water partition coefficient (Wildman–Crippen LogP) is 13.9. The molecule has 5 nitrogen and oxygen atoms in total. The third kappa shape index (κ3) is 5.12. The van der Waals surface area contributed by atoms with Crippen molar-refractivity contribution < 1.29 is 4.42 Å². The van der Waals surface area contributed by atoms with Crippen molar-refractivity contribution >= 4 is 75.3 Å². The van der Waals surface area contributed by atoms with Crippen LogP contribution in [0, 0.1) is 0 Å². The molecule has 0 saturated heterocycles. The Kier molecular flexibility index (Phi) is 7.03. The quantitative estimate of drug-likeness (QED) is 0.176. The van der Waals surface area contributed by atoms with E-state index in [1.807, 2.05) is 72.0 Å². The molecule has 0 bridgehead atoms. The zero-order valence-corrected chi connectivity index (χ0v) is 31.2. The molecule has 57 heavy (non-hydrogen) atoms. The molecule has 4 aromatic heterocycles. The summed E-state index contributed by atoms with van der Waals surface area (Å²) in [6, 6.07) is 63.9. The van der Waals surface area contributed by atoms with Crippen molar-refractivity contribution in [2.45, 2.75) is 0 Å². The molecule has 6 heteroatoms. The van der Waals surface area contributed by atoms with Gasteiger partial charge in [0.15, 0.2) is 17.5 Å². The Hall–Kier alpha value is -7.41. The molecule has 8 aromatic carbocycles. The van der Waals surface area contributed by atoms with Crippen LogP contribution in [-0.2, 0) is 0 Å². The summed E-state index contributed by atoms with van der Waals surface area (Å²) >= 11 is 1.83. The van der Waals surface area contributed by atoms with Gasteiger partial charge in [-0.3, -0.25) is 0 Å². The van der Waals surface area contributed by atoms with Crippen molar-refractivity contribution in [2.75, 3.05) is 0 Å². The molecule has 0 atom stereocenters. The van der Waals surface area contributed by atoms with Crippen molar-refractivity contribution in [1.82, 2.24) is 19.5 Å². The number of thiophene rings is 1. The van der Waals surface area contributed by atoms with Gasteiger partial charge in [-0.15, -0.1) is 11.3 Å². The normalized spacial score (nSPS) is 11.9. The van der Waals surface area contributed by atoms with Crippen LogP contribution in [0.25, 0.3) is 115 Å². The highest BCUT2D eigenvalue weighted by atomic mass is 32.1. The summed E-state index contributed by atoms with van der Waals surface area (Å²) in [6.07, 6.45) is 0. The molecule has 0 radical (unpaired) electrons. The topological polar surface area (TPSA) is 56.7 Å². The molecule has 12 aromatic rings. The van der Waals surface area contributed by atoms with E-state index in [1.165, 1.54) is 30.9 Å². The van der Waals surface area contributed by atoms with Crippen molar-refractivity contribution in [2.24, 2.45) is 0 Å². The van der Waals surface area contributed by atoms with Gasteiger partial charge in [0.2, 0.25) is 0 Å². The molecule has 0 aliphatic carbocycles. The van der Waals surface area contributed by atoms with Gasteiger partial charge in [0.1, 0.15) is 11.2 Å². The van der Waals surface area contributed by atoms with Gasteiger partial charge in [0, 0.05) is 69.7 Å². The minimum atomic E-state index is 0.589. The number of hydrogen-bond acceptors (Lipinski definition) is 5. The van der Waals surface area contributed by atoms with Crippen LogP contribution in [0.1, 0.15) is 0 Å². The average Bonchev–Trinajstić information content (AvgIpc) is 3.95. The molecular formula is C51H30N4OS. The lowest BCUT2D eigenvalue weighted by Gasteiger charge is -2.12. The van der Waals surface area contributed by atoms with E-state index in [-0.39, 0.29) is 0 Å². The second-order valence-electron chi connectivity index (χ2n) is 14.4. The molecule has 0 amide bonds. The first-order chi connectivity index (χ1) is 28.2. The van der Waals surface area contributed by atoms with Crippen LogP contribution in [0.4, 0.5) is 0 Å². The van der Waals surface area contributed by atoms with Gasteiger partial charge in [-0.25, -0.2) is 15.0 Å². The van der Waals surface area contributed by atoms with Gasteiger partial charge >= 0.3 is 0 Å². The Morgan fingerprint density at radius 2 is 0.947 bits per heavy atom. The van der Waals surface area contributed by atoms with Crippen molar-refractivity contribution in [1.29, 1.82) is 0 Å². The molecular weight excluding hydrogens is 717 g/mol. The molecule has 0 fully saturated rings. The first kappa shape index (κ1) is 31.9. The fourth-order valence-corrected chi connectivity index (χ4v) is 9.46. The lowest BCUT2D eigenvalue weighted by atomic mass is 9.99. The first-order valence-electron chi connectivity index (χ1n) is 19.0. The van der Waals surface area contributed by atoms with Crippen LogP contribution in [-0.4, -0.2) is 19.5 Å². The SMILES string of the molecule is c1ccc(-c2nc(-c3ccccc3)nc(-c3ccc4c(c3)oc3c(-c5ccc6sc7ccccc7c6c5)cc(-n5c6ccccc6c6ccccc65)cc34)n2)cc1. The molecule has 0 spiro atoms. The Balaban J connectivity index is 1.11.